The van der Waals surface area contributed by atoms with Gasteiger partial charge in [-0.05, 0) is 31.0 Å². The van der Waals surface area contributed by atoms with Crippen molar-refractivity contribution in [1.82, 2.24) is 0 Å². The molecule has 19 heavy (non-hydrogen) atoms. The average Bonchev–Trinajstić information content (AvgIpc) is 2.33. The number of carbonyl (C=O) groups excluding carboxylic acids is 1. The molecule has 0 spiro atoms. The fourth-order valence-corrected chi connectivity index (χ4v) is 3.03. The second-order valence-electron chi connectivity index (χ2n) is 5.30. The molecule has 1 heterocycles. The number of benzene rings is 1. The van der Waals surface area contributed by atoms with Crippen LogP contribution in [-0.2, 0) is 4.79 Å². The Morgan fingerprint density at radius 3 is 2.95 bits per heavy atom. The van der Waals surface area contributed by atoms with Crippen molar-refractivity contribution in [2.75, 3.05) is 25.0 Å². The van der Waals surface area contributed by atoms with Crippen LogP contribution in [0.2, 0.25) is 10.0 Å². The lowest BCUT2D eigenvalue weighted by molar-refractivity contribution is -0.900. The Labute approximate surface area is 123 Å². The molecule has 0 radical (unpaired) electrons. The van der Waals surface area contributed by atoms with Gasteiger partial charge < -0.3 is 10.2 Å². The molecule has 1 aliphatic heterocycles. The lowest BCUT2D eigenvalue weighted by atomic mass is 10.0. The van der Waals surface area contributed by atoms with Crippen molar-refractivity contribution in [3.05, 3.63) is 28.2 Å². The number of halogens is 2. The number of nitrogens with one attached hydrogen (secondary N) is 2. The van der Waals surface area contributed by atoms with Crippen LogP contribution >= 0.6 is 23.2 Å². The molecule has 2 N–H and O–H groups in total. The maximum atomic E-state index is 12.0. The molecule has 1 saturated heterocycles. The summed E-state index contributed by atoms with van der Waals surface area (Å²) >= 11 is 11.9. The van der Waals surface area contributed by atoms with Gasteiger partial charge in [-0.25, -0.2) is 0 Å². The van der Waals surface area contributed by atoms with Crippen LogP contribution in [-0.4, -0.2) is 25.5 Å². The van der Waals surface area contributed by atoms with Crippen molar-refractivity contribution < 1.29 is 9.69 Å². The molecule has 2 atom stereocenters. The molecule has 2 rings (SSSR count). The fourth-order valence-electron chi connectivity index (χ4n) is 2.57. The Kier molecular flexibility index (Phi) is 5.08. The zero-order chi connectivity index (χ0) is 13.8. The van der Waals surface area contributed by atoms with E-state index in [0.717, 1.165) is 13.1 Å². The average molecular weight is 302 g/mol. The van der Waals surface area contributed by atoms with Gasteiger partial charge in [-0.15, -0.1) is 0 Å². The zero-order valence-electron chi connectivity index (χ0n) is 11.0. The van der Waals surface area contributed by atoms with E-state index in [1.54, 1.807) is 18.2 Å². The van der Waals surface area contributed by atoms with E-state index in [-0.39, 0.29) is 5.91 Å². The van der Waals surface area contributed by atoms with Gasteiger partial charge in [-0.1, -0.05) is 30.1 Å². The highest BCUT2D eigenvalue weighted by molar-refractivity contribution is 6.36. The Hall–Kier alpha value is -0.770. The van der Waals surface area contributed by atoms with Crippen LogP contribution in [0, 0.1) is 5.92 Å². The summed E-state index contributed by atoms with van der Waals surface area (Å²) in [7, 11) is 0. The fraction of sp³-hybridized carbons (Fsp3) is 0.500. The number of carbonyl (C=O) groups is 1. The monoisotopic (exact) mass is 301 g/mol. The van der Waals surface area contributed by atoms with Gasteiger partial charge in [0.05, 0.1) is 23.8 Å². The molecule has 0 aliphatic carbocycles. The van der Waals surface area contributed by atoms with E-state index in [1.165, 1.54) is 17.7 Å². The largest absolute Gasteiger partial charge is 0.327 e. The van der Waals surface area contributed by atoms with Gasteiger partial charge in [0.15, 0.2) is 6.54 Å². The van der Waals surface area contributed by atoms with E-state index >= 15 is 0 Å². The van der Waals surface area contributed by atoms with Crippen LogP contribution in [0.3, 0.4) is 0 Å². The summed E-state index contributed by atoms with van der Waals surface area (Å²) in [6, 6.07) is 5.09. The zero-order valence-corrected chi connectivity index (χ0v) is 12.5. The van der Waals surface area contributed by atoms with E-state index in [9.17, 15) is 4.79 Å². The van der Waals surface area contributed by atoms with Gasteiger partial charge in [0.2, 0.25) is 0 Å². The minimum Gasteiger partial charge on any atom is -0.327 e. The Morgan fingerprint density at radius 2 is 2.26 bits per heavy atom. The smallest absolute Gasteiger partial charge is 0.279 e. The predicted octanol–water partition coefficient (Wildman–Crippen LogP) is 2.25. The Bertz CT molecular complexity index is 465. The molecule has 1 amide bonds. The maximum Gasteiger partial charge on any atom is 0.279 e. The van der Waals surface area contributed by atoms with E-state index in [1.807, 2.05) is 0 Å². The molecule has 1 aromatic carbocycles. The molecule has 1 aliphatic rings. The normalized spacial score (nSPS) is 23.1. The van der Waals surface area contributed by atoms with Crippen molar-refractivity contribution in [2.45, 2.75) is 19.8 Å². The quantitative estimate of drug-likeness (QED) is 0.882. The summed E-state index contributed by atoms with van der Waals surface area (Å²) in [5.41, 5.74) is 0.625. The number of hydrogen-bond acceptors (Lipinski definition) is 1. The maximum absolute atomic E-state index is 12.0. The van der Waals surface area contributed by atoms with Gasteiger partial charge >= 0.3 is 0 Å². The number of quaternary nitrogens is 1. The number of rotatable bonds is 3. The minimum atomic E-state index is 0.00771. The molecule has 0 saturated carbocycles. The van der Waals surface area contributed by atoms with Crippen molar-refractivity contribution in [1.29, 1.82) is 0 Å². The van der Waals surface area contributed by atoms with Gasteiger partial charge in [0.1, 0.15) is 0 Å². The highest BCUT2D eigenvalue weighted by Crippen LogP contribution is 2.25. The van der Waals surface area contributed by atoms with E-state index in [4.69, 9.17) is 23.2 Å². The third kappa shape index (κ3) is 4.37. The molecule has 1 aromatic rings. The van der Waals surface area contributed by atoms with Crippen LogP contribution in [0.4, 0.5) is 5.69 Å². The lowest BCUT2D eigenvalue weighted by Gasteiger charge is -2.27. The third-order valence-corrected chi connectivity index (χ3v) is 4.03. The summed E-state index contributed by atoms with van der Waals surface area (Å²) in [4.78, 5) is 13.3. The van der Waals surface area contributed by atoms with Crippen molar-refractivity contribution >= 4 is 34.8 Å². The van der Waals surface area contributed by atoms with Gasteiger partial charge in [-0.2, -0.15) is 0 Å². The lowest BCUT2D eigenvalue weighted by Crippen LogP contribution is -3.14. The van der Waals surface area contributed by atoms with E-state index in [0.29, 0.717) is 28.2 Å². The van der Waals surface area contributed by atoms with Gasteiger partial charge in [0, 0.05) is 10.9 Å². The summed E-state index contributed by atoms with van der Waals surface area (Å²) in [5.74, 6) is 0.712. The summed E-state index contributed by atoms with van der Waals surface area (Å²) in [5, 5.41) is 3.89. The number of likely N-dealkylation sites (tertiary alicyclic amines) is 1. The SMILES string of the molecule is C[C@H]1CCC[NH+](CC(=O)Nc2ccc(Cl)cc2Cl)C1. The molecule has 1 unspecified atom stereocenters. The first kappa shape index (κ1) is 14.6. The van der Waals surface area contributed by atoms with Crippen molar-refractivity contribution in [3.8, 4) is 0 Å². The van der Waals surface area contributed by atoms with Gasteiger partial charge in [0.25, 0.3) is 5.91 Å². The van der Waals surface area contributed by atoms with E-state index < -0.39 is 0 Å². The summed E-state index contributed by atoms with van der Waals surface area (Å²) in [6.45, 7) is 4.89. The highest BCUT2D eigenvalue weighted by atomic mass is 35.5. The topological polar surface area (TPSA) is 33.5 Å². The number of hydrogen-bond donors (Lipinski definition) is 2. The van der Waals surface area contributed by atoms with Gasteiger partial charge in [-0.3, -0.25) is 4.79 Å². The summed E-state index contributed by atoms with van der Waals surface area (Å²) < 4.78 is 0. The standard InChI is InChI=1S/C14H18Cl2N2O/c1-10-3-2-6-18(8-10)9-14(19)17-13-5-4-11(15)7-12(13)16/h4-5,7,10H,2-3,6,8-9H2,1H3,(H,17,19)/p+1/t10-/m0/s1. The molecule has 5 heteroatoms. The van der Waals surface area contributed by atoms with Crippen LogP contribution < -0.4 is 10.2 Å². The number of piperidine rings is 1. The van der Waals surface area contributed by atoms with Crippen LogP contribution in [0.5, 0.6) is 0 Å². The highest BCUT2D eigenvalue weighted by Gasteiger charge is 2.22. The minimum absolute atomic E-state index is 0.00771. The first-order chi connectivity index (χ1) is 9.04. The van der Waals surface area contributed by atoms with Crippen LogP contribution in [0.1, 0.15) is 19.8 Å². The molecule has 3 nitrogen and oxygen atoms in total. The molecule has 104 valence electrons. The molecule has 1 fully saturated rings. The molecule has 0 bridgehead atoms. The predicted molar refractivity (Wildman–Crippen MR) is 79.1 cm³/mol. The molecular weight excluding hydrogens is 283 g/mol. The molecule has 0 aromatic heterocycles. The molecular formula is C14H19Cl2N2O+. The third-order valence-electron chi connectivity index (χ3n) is 3.48. The first-order valence-electron chi connectivity index (χ1n) is 6.63. The summed E-state index contributed by atoms with van der Waals surface area (Å²) in [6.07, 6.45) is 2.47. The number of amides is 1. The first-order valence-corrected chi connectivity index (χ1v) is 7.38. The van der Waals surface area contributed by atoms with Crippen LogP contribution in [0.25, 0.3) is 0 Å². The Morgan fingerprint density at radius 1 is 1.47 bits per heavy atom. The number of anilines is 1. The van der Waals surface area contributed by atoms with Crippen molar-refractivity contribution in [3.63, 3.8) is 0 Å². The van der Waals surface area contributed by atoms with E-state index in [2.05, 4.69) is 12.2 Å². The van der Waals surface area contributed by atoms with Crippen molar-refractivity contribution in [2.24, 2.45) is 5.92 Å². The second kappa shape index (κ2) is 6.60. The second-order valence-corrected chi connectivity index (χ2v) is 6.14. The Balaban J connectivity index is 1.90. The van der Waals surface area contributed by atoms with Crippen LogP contribution in [0.15, 0.2) is 18.2 Å².